The van der Waals surface area contributed by atoms with Crippen LogP contribution in [0.4, 0.5) is 0 Å². The summed E-state index contributed by atoms with van der Waals surface area (Å²) >= 11 is 0. The van der Waals surface area contributed by atoms with Crippen LogP contribution in [-0.4, -0.2) is 36.9 Å². The Morgan fingerprint density at radius 1 is 0.929 bits per heavy atom. The van der Waals surface area contributed by atoms with E-state index in [9.17, 15) is 9.59 Å². The molecule has 1 saturated carbocycles. The van der Waals surface area contributed by atoms with Gasteiger partial charge in [0.25, 0.3) is 0 Å². The summed E-state index contributed by atoms with van der Waals surface area (Å²) in [6, 6.07) is 13.1. The van der Waals surface area contributed by atoms with Gasteiger partial charge < -0.3 is 14.6 Å². The largest absolute Gasteiger partial charge is 0.462 e. The molecule has 42 heavy (non-hydrogen) atoms. The minimum atomic E-state index is -0.650. The number of carbonyl (C=O) groups is 2. The quantitative estimate of drug-likeness (QED) is 0.194. The highest BCUT2D eigenvalue weighted by Gasteiger charge is 2.28. The van der Waals surface area contributed by atoms with Gasteiger partial charge in [-0.05, 0) is 96.7 Å². The van der Waals surface area contributed by atoms with Crippen LogP contribution in [0.2, 0.25) is 0 Å². The van der Waals surface area contributed by atoms with Gasteiger partial charge in [0.15, 0.2) is 0 Å². The first-order valence-electron chi connectivity index (χ1n) is 15.8. The monoisotopic (exact) mass is 572 g/mol. The number of aliphatic hydroxyl groups excluding tert-OH is 1. The van der Waals surface area contributed by atoms with Crippen molar-refractivity contribution in [2.75, 3.05) is 19.8 Å². The number of ether oxygens (including phenoxy) is 2. The van der Waals surface area contributed by atoms with Gasteiger partial charge in [-0.3, -0.25) is 0 Å². The van der Waals surface area contributed by atoms with Crippen LogP contribution in [-0.2, 0) is 25.5 Å². The third-order valence-corrected chi connectivity index (χ3v) is 9.23. The highest BCUT2D eigenvalue weighted by atomic mass is 16.5. The minimum absolute atomic E-state index is 0.00710. The lowest BCUT2D eigenvalue weighted by molar-refractivity contribution is -0.144. The minimum Gasteiger partial charge on any atom is -0.462 e. The van der Waals surface area contributed by atoms with E-state index in [-0.39, 0.29) is 24.7 Å². The van der Waals surface area contributed by atoms with Crippen molar-refractivity contribution in [1.82, 2.24) is 0 Å². The Morgan fingerprint density at radius 3 is 2.26 bits per heavy atom. The zero-order valence-electron chi connectivity index (χ0n) is 25.5. The van der Waals surface area contributed by atoms with Crippen molar-refractivity contribution in [3.63, 3.8) is 0 Å². The molecule has 2 aliphatic carbocycles. The van der Waals surface area contributed by atoms with Gasteiger partial charge >= 0.3 is 11.9 Å². The third kappa shape index (κ3) is 8.67. The van der Waals surface area contributed by atoms with Crippen molar-refractivity contribution in [2.45, 2.75) is 78.1 Å². The molecule has 2 atom stereocenters. The molecule has 1 fully saturated rings. The van der Waals surface area contributed by atoms with Crippen LogP contribution in [0.1, 0.15) is 82.8 Å². The normalized spacial score (nSPS) is 21.3. The lowest BCUT2D eigenvalue weighted by atomic mass is 9.70. The number of benzene rings is 2. The van der Waals surface area contributed by atoms with Gasteiger partial charge in [0.1, 0.15) is 0 Å². The van der Waals surface area contributed by atoms with E-state index < -0.39 is 18.5 Å². The van der Waals surface area contributed by atoms with E-state index in [1.807, 2.05) is 0 Å². The molecule has 0 aromatic heterocycles. The van der Waals surface area contributed by atoms with E-state index in [0.29, 0.717) is 12.0 Å². The first-order chi connectivity index (χ1) is 20.3. The maximum atomic E-state index is 12.0. The lowest BCUT2D eigenvalue weighted by Crippen LogP contribution is -2.24. The average molecular weight is 573 g/mol. The van der Waals surface area contributed by atoms with E-state index >= 15 is 0 Å². The summed E-state index contributed by atoms with van der Waals surface area (Å²) in [6.45, 7) is 10.7. The molecule has 0 saturated heterocycles. The van der Waals surface area contributed by atoms with Crippen LogP contribution in [0.15, 0.2) is 66.8 Å². The molecule has 2 aliphatic rings. The number of esters is 2. The second-order valence-corrected chi connectivity index (χ2v) is 12.5. The summed E-state index contributed by atoms with van der Waals surface area (Å²) in [5.41, 5.74) is 4.17. The molecule has 5 nitrogen and oxygen atoms in total. The Bertz CT molecular complexity index is 1300. The van der Waals surface area contributed by atoms with Gasteiger partial charge in [-0.2, -0.15) is 0 Å². The highest BCUT2D eigenvalue weighted by molar-refractivity contribution is 5.88. The average Bonchev–Trinajstić information content (AvgIpc) is 3.01. The van der Waals surface area contributed by atoms with E-state index in [4.69, 9.17) is 14.6 Å². The summed E-state index contributed by atoms with van der Waals surface area (Å²) in [5, 5.41) is 11.5. The van der Waals surface area contributed by atoms with Crippen molar-refractivity contribution in [3.8, 4) is 0 Å². The number of hydrogen-bond donors (Lipinski definition) is 1. The maximum Gasteiger partial charge on any atom is 0.335 e. The fourth-order valence-electron chi connectivity index (χ4n) is 6.70. The molecule has 0 spiro atoms. The van der Waals surface area contributed by atoms with Gasteiger partial charge in [-0.1, -0.05) is 82.2 Å². The van der Waals surface area contributed by atoms with Crippen LogP contribution in [0.3, 0.4) is 0 Å². The Morgan fingerprint density at radius 2 is 1.62 bits per heavy atom. The summed E-state index contributed by atoms with van der Waals surface area (Å²) in [4.78, 5) is 24.0. The standard InChI is InChI=1S/C37H48O5/c1-5-6-27-7-10-30(11-8-27)31-13-15-32(16-14-31)34-18-17-33-20-28(9-12-35(33)21-34)19-29(23-41-36(39)25(2)3)24-42-37(40)26(4)22-38/h9,12,15,17-18,20-21,27,29-31,38H,2,4-8,10-11,13-14,16,19,22-24H2,1,3H3. The van der Waals surface area contributed by atoms with Crippen LogP contribution >= 0.6 is 0 Å². The number of allylic oxidation sites excluding steroid dienone is 2. The molecule has 4 rings (SSSR count). The van der Waals surface area contributed by atoms with Gasteiger partial charge in [0, 0.05) is 11.5 Å². The second-order valence-electron chi connectivity index (χ2n) is 12.5. The molecular formula is C37H48O5. The van der Waals surface area contributed by atoms with E-state index in [1.165, 1.54) is 67.9 Å². The summed E-state index contributed by atoms with van der Waals surface area (Å²) in [7, 11) is 0. The van der Waals surface area contributed by atoms with Crippen LogP contribution in [0.25, 0.3) is 16.3 Å². The molecule has 2 unspecified atom stereocenters. The van der Waals surface area contributed by atoms with Crippen LogP contribution in [0, 0.1) is 23.7 Å². The first-order valence-corrected chi connectivity index (χ1v) is 15.8. The number of aliphatic hydroxyl groups is 1. The van der Waals surface area contributed by atoms with E-state index in [1.54, 1.807) is 6.92 Å². The first kappa shape index (κ1) is 31.7. The summed E-state index contributed by atoms with van der Waals surface area (Å²) < 4.78 is 10.7. The predicted octanol–water partition coefficient (Wildman–Crippen LogP) is 8.00. The molecule has 1 N–H and O–H groups in total. The van der Waals surface area contributed by atoms with Gasteiger partial charge in [0.05, 0.1) is 25.4 Å². The molecule has 0 heterocycles. The molecule has 0 amide bonds. The Hall–Kier alpha value is -3.18. The molecule has 5 heteroatoms. The number of rotatable bonds is 13. The smallest absolute Gasteiger partial charge is 0.335 e. The van der Waals surface area contributed by atoms with Crippen molar-refractivity contribution in [2.24, 2.45) is 23.7 Å². The Balaban J connectivity index is 1.38. The molecule has 2 aromatic rings. The number of hydrogen-bond acceptors (Lipinski definition) is 5. The highest BCUT2D eigenvalue weighted by Crippen LogP contribution is 2.42. The lowest BCUT2D eigenvalue weighted by Gasteiger charge is -2.35. The fourth-order valence-corrected chi connectivity index (χ4v) is 6.70. The zero-order chi connectivity index (χ0) is 30.1. The number of fused-ring (bicyclic) bond motifs is 1. The van der Waals surface area contributed by atoms with Gasteiger partial charge in [0.2, 0.25) is 0 Å². The maximum absolute atomic E-state index is 12.0. The molecule has 226 valence electrons. The molecule has 0 radical (unpaired) electrons. The van der Waals surface area contributed by atoms with E-state index in [2.05, 4.69) is 62.6 Å². The molecular weight excluding hydrogens is 524 g/mol. The van der Waals surface area contributed by atoms with Gasteiger partial charge in [-0.15, -0.1) is 0 Å². The van der Waals surface area contributed by atoms with Crippen molar-refractivity contribution in [3.05, 3.63) is 77.9 Å². The number of carbonyl (C=O) groups excluding carboxylic acids is 2. The molecule has 0 aliphatic heterocycles. The van der Waals surface area contributed by atoms with Crippen LogP contribution in [0.5, 0.6) is 0 Å². The Labute approximate surface area is 251 Å². The van der Waals surface area contributed by atoms with Crippen LogP contribution < -0.4 is 0 Å². The third-order valence-electron chi connectivity index (χ3n) is 9.23. The second kappa shape index (κ2) is 15.3. The molecule has 0 bridgehead atoms. The predicted molar refractivity (Wildman–Crippen MR) is 170 cm³/mol. The summed E-state index contributed by atoms with van der Waals surface area (Å²) in [6.07, 6.45) is 15.2. The SMILES string of the molecule is C=C(C)C(=O)OCC(COC(=O)C(=C)CO)Cc1ccc2cc(C3=CCC(C4CCC(CCC)CC4)CC3)ccc2c1. The molecule has 2 aromatic carbocycles. The summed E-state index contributed by atoms with van der Waals surface area (Å²) in [5.74, 6) is 1.36. The van der Waals surface area contributed by atoms with Crippen molar-refractivity contribution >= 4 is 28.3 Å². The van der Waals surface area contributed by atoms with Crippen molar-refractivity contribution < 1.29 is 24.2 Å². The topological polar surface area (TPSA) is 72.8 Å². The van der Waals surface area contributed by atoms with Crippen molar-refractivity contribution in [1.29, 1.82) is 0 Å². The fraction of sp³-hybridized carbons (Fsp3) is 0.514. The zero-order valence-corrected chi connectivity index (χ0v) is 25.5. The van der Waals surface area contributed by atoms with E-state index in [0.717, 1.165) is 35.1 Å². The van der Waals surface area contributed by atoms with Gasteiger partial charge in [-0.25, -0.2) is 9.59 Å². The Kier molecular flexibility index (Phi) is 11.6.